The van der Waals surface area contributed by atoms with E-state index in [0.29, 0.717) is 6.54 Å². The van der Waals surface area contributed by atoms with Gasteiger partial charge in [0, 0.05) is 36.8 Å². The number of hydrogen-bond acceptors (Lipinski definition) is 4. The van der Waals surface area contributed by atoms with E-state index in [9.17, 15) is 10.1 Å². The second kappa shape index (κ2) is 5.99. The summed E-state index contributed by atoms with van der Waals surface area (Å²) in [4.78, 5) is 14.4. The Balaban J connectivity index is 1.98. The van der Waals surface area contributed by atoms with Crippen molar-refractivity contribution >= 4 is 11.4 Å². The van der Waals surface area contributed by atoms with Crippen molar-refractivity contribution in [3.8, 4) is 0 Å². The van der Waals surface area contributed by atoms with Gasteiger partial charge in [0.05, 0.1) is 11.5 Å². The fourth-order valence-corrected chi connectivity index (χ4v) is 1.83. The van der Waals surface area contributed by atoms with Crippen LogP contribution in [0.25, 0.3) is 0 Å². The number of aromatic nitrogens is 2. The van der Waals surface area contributed by atoms with Crippen LogP contribution >= 0.6 is 0 Å². The van der Waals surface area contributed by atoms with Crippen molar-refractivity contribution in [3.05, 3.63) is 52.6 Å². The third kappa shape index (κ3) is 3.31. The molecule has 0 amide bonds. The molecule has 0 saturated carbocycles. The lowest BCUT2D eigenvalue weighted by molar-refractivity contribution is -0.384. The zero-order chi connectivity index (χ0) is 13.7. The average Bonchev–Trinajstić information content (AvgIpc) is 2.85. The number of non-ortho nitro benzene ring substituents is 1. The van der Waals surface area contributed by atoms with Gasteiger partial charge >= 0.3 is 0 Å². The lowest BCUT2D eigenvalue weighted by atomic mass is 10.3. The molecule has 0 saturated heterocycles. The Morgan fingerprint density at radius 3 is 2.74 bits per heavy atom. The molecule has 0 atom stereocenters. The van der Waals surface area contributed by atoms with E-state index in [1.165, 1.54) is 12.1 Å². The Bertz CT molecular complexity index is 548. The lowest BCUT2D eigenvalue weighted by Crippen LogP contribution is -2.08. The number of rotatable bonds is 6. The Morgan fingerprint density at radius 1 is 1.37 bits per heavy atom. The van der Waals surface area contributed by atoms with E-state index in [0.717, 1.165) is 24.5 Å². The number of nitro benzene ring substituents is 1. The van der Waals surface area contributed by atoms with Crippen LogP contribution in [0.1, 0.15) is 19.2 Å². The minimum absolute atomic E-state index is 0.0954. The largest absolute Gasteiger partial charge is 0.378 e. The molecule has 1 aromatic heterocycles. The molecule has 2 aromatic rings. The number of nitrogens with zero attached hydrogens (tertiary/aromatic N) is 3. The SMILES string of the molecule is CCCn1ccnc1CNc1ccc([N+](=O)[O-])cc1. The maximum Gasteiger partial charge on any atom is 0.269 e. The lowest BCUT2D eigenvalue weighted by Gasteiger charge is -2.08. The van der Waals surface area contributed by atoms with Crippen LogP contribution in [-0.4, -0.2) is 14.5 Å². The fraction of sp³-hybridized carbons (Fsp3) is 0.308. The van der Waals surface area contributed by atoms with Gasteiger partial charge in [0.25, 0.3) is 5.69 Å². The second-order valence-electron chi connectivity index (χ2n) is 4.19. The van der Waals surface area contributed by atoms with Gasteiger partial charge in [-0.05, 0) is 18.6 Å². The summed E-state index contributed by atoms with van der Waals surface area (Å²) >= 11 is 0. The van der Waals surface area contributed by atoms with Gasteiger partial charge in [-0.25, -0.2) is 4.98 Å². The van der Waals surface area contributed by atoms with Gasteiger partial charge in [0.15, 0.2) is 0 Å². The van der Waals surface area contributed by atoms with E-state index in [-0.39, 0.29) is 5.69 Å². The zero-order valence-corrected chi connectivity index (χ0v) is 10.7. The summed E-state index contributed by atoms with van der Waals surface area (Å²) < 4.78 is 2.10. The molecule has 1 N–H and O–H groups in total. The van der Waals surface area contributed by atoms with E-state index in [4.69, 9.17) is 0 Å². The standard InChI is InChI=1S/C13H16N4O2/c1-2-8-16-9-7-14-13(16)10-15-11-3-5-12(6-4-11)17(18)19/h3-7,9,15H,2,8,10H2,1H3. The van der Waals surface area contributed by atoms with Crippen molar-refractivity contribution in [2.75, 3.05) is 5.32 Å². The number of aryl methyl sites for hydroxylation is 1. The van der Waals surface area contributed by atoms with Gasteiger partial charge in [0.1, 0.15) is 5.82 Å². The Morgan fingerprint density at radius 2 is 2.11 bits per heavy atom. The third-order valence-corrected chi connectivity index (χ3v) is 2.79. The van der Waals surface area contributed by atoms with Crippen LogP contribution in [-0.2, 0) is 13.1 Å². The smallest absolute Gasteiger partial charge is 0.269 e. The number of benzene rings is 1. The van der Waals surface area contributed by atoms with Gasteiger partial charge in [-0.15, -0.1) is 0 Å². The Labute approximate surface area is 111 Å². The van der Waals surface area contributed by atoms with Crippen molar-refractivity contribution in [2.24, 2.45) is 0 Å². The topological polar surface area (TPSA) is 73.0 Å². The Hall–Kier alpha value is -2.37. The molecule has 1 aromatic carbocycles. The summed E-state index contributed by atoms with van der Waals surface area (Å²) in [5.74, 6) is 0.959. The summed E-state index contributed by atoms with van der Waals surface area (Å²) in [7, 11) is 0. The first-order valence-electron chi connectivity index (χ1n) is 6.19. The van der Waals surface area contributed by atoms with E-state index in [1.54, 1.807) is 18.3 Å². The highest BCUT2D eigenvalue weighted by atomic mass is 16.6. The molecule has 0 aliphatic carbocycles. The van der Waals surface area contributed by atoms with Crippen LogP contribution < -0.4 is 5.32 Å². The van der Waals surface area contributed by atoms with Crippen molar-refractivity contribution in [1.29, 1.82) is 0 Å². The van der Waals surface area contributed by atoms with Crippen LogP contribution in [0.15, 0.2) is 36.7 Å². The van der Waals surface area contributed by atoms with Crippen molar-refractivity contribution in [1.82, 2.24) is 9.55 Å². The minimum atomic E-state index is -0.405. The highest BCUT2D eigenvalue weighted by Gasteiger charge is 2.05. The molecular formula is C13H16N4O2. The number of imidazole rings is 1. The molecule has 6 nitrogen and oxygen atoms in total. The molecule has 0 bridgehead atoms. The predicted octanol–water partition coefficient (Wildman–Crippen LogP) is 2.81. The number of nitrogens with one attached hydrogen (secondary N) is 1. The molecular weight excluding hydrogens is 244 g/mol. The maximum absolute atomic E-state index is 10.5. The zero-order valence-electron chi connectivity index (χ0n) is 10.7. The molecule has 0 radical (unpaired) electrons. The van der Waals surface area contributed by atoms with Crippen LogP contribution in [0.2, 0.25) is 0 Å². The van der Waals surface area contributed by atoms with Crippen molar-refractivity contribution in [2.45, 2.75) is 26.4 Å². The number of anilines is 1. The third-order valence-electron chi connectivity index (χ3n) is 2.79. The molecule has 6 heteroatoms. The van der Waals surface area contributed by atoms with Crippen molar-refractivity contribution < 1.29 is 4.92 Å². The van der Waals surface area contributed by atoms with Gasteiger partial charge in [-0.3, -0.25) is 10.1 Å². The van der Waals surface area contributed by atoms with E-state index >= 15 is 0 Å². The first-order chi connectivity index (χ1) is 9.20. The van der Waals surface area contributed by atoms with Crippen LogP contribution in [0.3, 0.4) is 0 Å². The monoisotopic (exact) mass is 260 g/mol. The summed E-state index contributed by atoms with van der Waals surface area (Å²) in [6.07, 6.45) is 4.79. The maximum atomic E-state index is 10.5. The van der Waals surface area contributed by atoms with Gasteiger partial charge < -0.3 is 9.88 Å². The van der Waals surface area contributed by atoms with Crippen LogP contribution in [0, 0.1) is 10.1 Å². The summed E-state index contributed by atoms with van der Waals surface area (Å²) in [6.45, 7) is 3.66. The van der Waals surface area contributed by atoms with E-state index in [2.05, 4.69) is 21.8 Å². The molecule has 1 heterocycles. The summed E-state index contributed by atoms with van der Waals surface area (Å²) in [6, 6.07) is 6.37. The van der Waals surface area contributed by atoms with Gasteiger partial charge in [-0.1, -0.05) is 6.92 Å². The summed E-state index contributed by atoms with van der Waals surface area (Å²) in [5.41, 5.74) is 0.940. The highest BCUT2D eigenvalue weighted by Crippen LogP contribution is 2.16. The summed E-state index contributed by atoms with van der Waals surface area (Å²) in [5, 5.41) is 13.8. The highest BCUT2D eigenvalue weighted by molar-refractivity contribution is 5.48. The molecule has 100 valence electrons. The van der Waals surface area contributed by atoms with Crippen LogP contribution in [0.4, 0.5) is 11.4 Å². The fourth-order valence-electron chi connectivity index (χ4n) is 1.83. The molecule has 0 fully saturated rings. The predicted molar refractivity (Wildman–Crippen MR) is 72.9 cm³/mol. The minimum Gasteiger partial charge on any atom is -0.378 e. The average molecular weight is 260 g/mol. The molecule has 0 aliphatic heterocycles. The Kier molecular flexibility index (Phi) is 4.12. The quantitative estimate of drug-likeness (QED) is 0.640. The molecule has 0 unspecified atom stereocenters. The second-order valence-corrected chi connectivity index (χ2v) is 4.19. The van der Waals surface area contributed by atoms with Crippen molar-refractivity contribution in [3.63, 3.8) is 0 Å². The first kappa shape index (κ1) is 13.1. The molecule has 0 aliphatic rings. The van der Waals surface area contributed by atoms with E-state index in [1.807, 2.05) is 6.20 Å². The number of hydrogen-bond donors (Lipinski definition) is 1. The van der Waals surface area contributed by atoms with Gasteiger partial charge in [-0.2, -0.15) is 0 Å². The normalized spacial score (nSPS) is 10.4. The van der Waals surface area contributed by atoms with Gasteiger partial charge in [0.2, 0.25) is 0 Å². The van der Waals surface area contributed by atoms with Crippen LogP contribution in [0.5, 0.6) is 0 Å². The number of nitro groups is 1. The molecule has 0 spiro atoms. The van der Waals surface area contributed by atoms with E-state index < -0.39 is 4.92 Å². The first-order valence-corrected chi connectivity index (χ1v) is 6.19. The molecule has 19 heavy (non-hydrogen) atoms. The molecule has 2 rings (SSSR count).